The molecule has 0 saturated carbocycles. The fourth-order valence-electron chi connectivity index (χ4n) is 2.68. The molecule has 0 bridgehead atoms. The number of nitrogens with one attached hydrogen (secondary N) is 3. The van der Waals surface area contributed by atoms with Crippen LogP contribution in [0.3, 0.4) is 0 Å². The summed E-state index contributed by atoms with van der Waals surface area (Å²) in [6.07, 6.45) is -0.0918. The molecule has 0 aliphatic rings. The first-order valence-electron chi connectivity index (χ1n) is 9.62. The molecule has 0 aromatic heterocycles. The Kier molecular flexibility index (Phi) is 8.82. The van der Waals surface area contributed by atoms with Gasteiger partial charge in [-0.3, -0.25) is 9.79 Å². The Bertz CT molecular complexity index is 823. The first-order valence-corrected chi connectivity index (χ1v) is 9.62. The number of benzene rings is 2. The number of nitrogens with zero attached hydrogens (tertiary/aromatic N) is 1. The smallest absolute Gasteiger partial charge is 0.251 e. The summed E-state index contributed by atoms with van der Waals surface area (Å²) in [4.78, 5) is 16.3. The Morgan fingerprint density at radius 3 is 2.45 bits per heavy atom. The summed E-state index contributed by atoms with van der Waals surface area (Å²) in [5.74, 6) is 1.96. The van der Waals surface area contributed by atoms with Crippen molar-refractivity contribution in [3.05, 3.63) is 59.7 Å². The molecular weight excluding hydrogens is 368 g/mol. The van der Waals surface area contributed by atoms with Gasteiger partial charge >= 0.3 is 0 Å². The minimum atomic E-state index is -0.0918. The Hall–Kier alpha value is -3.22. The van der Waals surface area contributed by atoms with E-state index in [9.17, 15) is 4.79 Å². The lowest BCUT2D eigenvalue weighted by Gasteiger charge is -2.19. The lowest BCUT2D eigenvalue weighted by Crippen LogP contribution is -2.44. The lowest BCUT2D eigenvalue weighted by molar-refractivity contribution is 0.0954. The van der Waals surface area contributed by atoms with Crippen LogP contribution < -0.4 is 25.4 Å². The number of methoxy groups -OCH3 is 1. The van der Waals surface area contributed by atoms with Crippen LogP contribution in [0.2, 0.25) is 0 Å². The first kappa shape index (κ1) is 22.1. The van der Waals surface area contributed by atoms with Crippen molar-refractivity contribution in [2.45, 2.75) is 20.0 Å². The zero-order valence-electron chi connectivity index (χ0n) is 17.5. The third kappa shape index (κ3) is 7.37. The fourth-order valence-corrected chi connectivity index (χ4v) is 2.68. The highest BCUT2D eigenvalue weighted by molar-refractivity contribution is 5.94. The average Bonchev–Trinajstić information content (AvgIpc) is 2.73. The molecule has 2 aromatic carbocycles. The summed E-state index contributed by atoms with van der Waals surface area (Å²) in [5.41, 5.74) is 1.72. The monoisotopic (exact) mass is 398 g/mol. The molecule has 0 spiro atoms. The summed E-state index contributed by atoms with van der Waals surface area (Å²) in [6.45, 7) is 5.54. The van der Waals surface area contributed by atoms with E-state index in [1.54, 1.807) is 20.2 Å². The van der Waals surface area contributed by atoms with Crippen LogP contribution in [0.1, 0.15) is 22.8 Å². The van der Waals surface area contributed by atoms with Crippen LogP contribution in [0, 0.1) is 6.92 Å². The Morgan fingerprint density at radius 1 is 1.03 bits per heavy atom. The summed E-state index contributed by atoms with van der Waals surface area (Å²) in [7, 11) is 3.32. The fraction of sp³-hybridized carbons (Fsp3) is 0.364. The van der Waals surface area contributed by atoms with Gasteiger partial charge in [-0.2, -0.15) is 0 Å². The summed E-state index contributed by atoms with van der Waals surface area (Å²) in [5, 5.41) is 9.28. The van der Waals surface area contributed by atoms with Gasteiger partial charge in [0.15, 0.2) is 17.5 Å². The van der Waals surface area contributed by atoms with E-state index in [0.717, 1.165) is 5.56 Å². The maximum atomic E-state index is 12.1. The molecular formula is C22H30N4O3. The Morgan fingerprint density at radius 2 is 1.76 bits per heavy atom. The summed E-state index contributed by atoms with van der Waals surface area (Å²) < 4.78 is 11.2. The van der Waals surface area contributed by atoms with Crippen molar-refractivity contribution >= 4 is 11.9 Å². The van der Waals surface area contributed by atoms with Crippen LogP contribution in [0.4, 0.5) is 0 Å². The van der Waals surface area contributed by atoms with Crippen molar-refractivity contribution in [3.8, 4) is 11.5 Å². The highest BCUT2D eigenvalue weighted by Gasteiger charge is 2.09. The molecule has 7 nitrogen and oxygen atoms in total. The number of para-hydroxylation sites is 2. The maximum absolute atomic E-state index is 12.1. The van der Waals surface area contributed by atoms with Crippen LogP contribution in [-0.4, -0.2) is 51.8 Å². The van der Waals surface area contributed by atoms with Gasteiger partial charge < -0.3 is 25.4 Å². The molecule has 0 aliphatic carbocycles. The van der Waals surface area contributed by atoms with Crippen molar-refractivity contribution in [2.24, 2.45) is 4.99 Å². The molecule has 1 amide bonds. The number of rotatable bonds is 9. The van der Waals surface area contributed by atoms with Gasteiger partial charge in [-0.05, 0) is 38.1 Å². The number of ether oxygens (including phenoxy) is 2. The molecule has 0 heterocycles. The van der Waals surface area contributed by atoms with Gasteiger partial charge in [-0.15, -0.1) is 0 Å². The van der Waals surface area contributed by atoms with Gasteiger partial charge in [-0.1, -0.05) is 29.8 Å². The lowest BCUT2D eigenvalue weighted by atomic mass is 10.1. The largest absolute Gasteiger partial charge is 0.493 e. The van der Waals surface area contributed by atoms with Crippen LogP contribution in [0.5, 0.6) is 11.5 Å². The van der Waals surface area contributed by atoms with E-state index in [4.69, 9.17) is 9.47 Å². The van der Waals surface area contributed by atoms with Crippen LogP contribution >= 0.6 is 0 Å². The first-order chi connectivity index (χ1) is 14.0. The molecule has 3 N–H and O–H groups in total. The molecule has 1 atom stereocenters. The van der Waals surface area contributed by atoms with E-state index < -0.39 is 0 Å². The molecule has 1 unspecified atom stereocenters. The van der Waals surface area contributed by atoms with Crippen molar-refractivity contribution in [3.63, 3.8) is 0 Å². The maximum Gasteiger partial charge on any atom is 0.251 e. The Balaban J connectivity index is 1.70. The number of aryl methyl sites for hydroxylation is 1. The molecule has 2 rings (SSSR count). The molecule has 0 saturated heterocycles. The minimum absolute atomic E-state index is 0.0859. The van der Waals surface area contributed by atoms with Gasteiger partial charge in [0.1, 0.15) is 6.10 Å². The van der Waals surface area contributed by atoms with Crippen molar-refractivity contribution in [1.29, 1.82) is 0 Å². The van der Waals surface area contributed by atoms with Gasteiger partial charge in [0.2, 0.25) is 0 Å². The second-order valence-electron chi connectivity index (χ2n) is 6.58. The van der Waals surface area contributed by atoms with E-state index in [-0.39, 0.29) is 12.0 Å². The minimum Gasteiger partial charge on any atom is -0.493 e. The van der Waals surface area contributed by atoms with Crippen molar-refractivity contribution < 1.29 is 14.3 Å². The Labute approximate surface area is 172 Å². The number of carbonyl (C=O) groups is 1. The van der Waals surface area contributed by atoms with E-state index in [2.05, 4.69) is 20.9 Å². The number of aliphatic imine (C=N–C) groups is 1. The summed E-state index contributed by atoms with van der Waals surface area (Å²) >= 11 is 0. The van der Waals surface area contributed by atoms with E-state index in [1.165, 1.54) is 0 Å². The topological polar surface area (TPSA) is 84.0 Å². The van der Waals surface area contributed by atoms with Gasteiger partial charge in [0.05, 0.1) is 13.7 Å². The zero-order chi connectivity index (χ0) is 21.1. The number of hydrogen-bond donors (Lipinski definition) is 3. The quantitative estimate of drug-likeness (QED) is 0.343. The van der Waals surface area contributed by atoms with E-state index in [1.807, 2.05) is 56.3 Å². The third-order valence-electron chi connectivity index (χ3n) is 4.16. The summed E-state index contributed by atoms with van der Waals surface area (Å²) in [6, 6.07) is 15.1. The van der Waals surface area contributed by atoms with Gasteiger partial charge in [0.25, 0.3) is 5.91 Å². The predicted octanol–water partition coefficient (Wildman–Crippen LogP) is 2.37. The number of carbonyl (C=O) groups excluding carboxylic acids is 1. The van der Waals surface area contributed by atoms with Crippen LogP contribution in [0.15, 0.2) is 53.5 Å². The highest BCUT2D eigenvalue weighted by atomic mass is 16.5. The van der Waals surface area contributed by atoms with E-state index in [0.29, 0.717) is 42.7 Å². The number of amides is 1. The number of hydrogen-bond acceptors (Lipinski definition) is 4. The molecule has 29 heavy (non-hydrogen) atoms. The van der Waals surface area contributed by atoms with Gasteiger partial charge in [-0.25, -0.2) is 0 Å². The predicted molar refractivity (Wildman–Crippen MR) is 116 cm³/mol. The van der Waals surface area contributed by atoms with Gasteiger partial charge in [0, 0.05) is 25.7 Å². The average molecular weight is 399 g/mol. The normalized spacial score (nSPS) is 12.1. The molecule has 0 aliphatic heterocycles. The second kappa shape index (κ2) is 11.6. The SMILES string of the molecule is CN=C(NCCNC(=O)c1cccc(C)c1)NCC(C)Oc1ccccc1OC. The standard InChI is InChI=1S/C22H30N4O3/c1-16-8-7-9-18(14-16)21(27)24-12-13-25-22(23-3)26-15-17(2)29-20-11-6-5-10-19(20)28-4/h5-11,14,17H,12-13,15H2,1-4H3,(H,24,27)(H2,23,25,26). The molecule has 2 aromatic rings. The second-order valence-corrected chi connectivity index (χ2v) is 6.58. The highest BCUT2D eigenvalue weighted by Crippen LogP contribution is 2.26. The van der Waals surface area contributed by atoms with E-state index >= 15 is 0 Å². The molecule has 156 valence electrons. The van der Waals surface area contributed by atoms with Crippen molar-refractivity contribution in [2.75, 3.05) is 33.8 Å². The van der Waals surface area contributed by atoms with Crippen LogP contribution in [-0.2, 0) is 0 Å². The third-order valence-corrected chi connectivity index (χ3v) is 4.16. The molecule has 0 radical (unpaired) electrons. The number of guanidine groups is 1. The van der Waals surface area contributed by atoms with Crippen molar-refractivity contribution in [1.82, 2.24) is 16.0 Å². The molecule has 7 heteroatoms. The van der Waals surface area contributed by atoms with Crippen LogP contribution in [0.25, 0.3) is 0 Å². The molecule has 0 fully saturated rings. The zero-order valence-corrected chi connectivity index (χ0v) is 17.5.